The van der Waals surface area contributed by atoms with E-state index < -0.39 is 21.3 Å². The fourth-order valence-electron chi connectivity index (χ4n) is 5.42. The van der Waals surface area contributed by atoms with Crippen LogP contribution < -0.4 is 10.5 Å². The van der Waals surface area contributed by atoms with Crippen molar-refractivity contribution in [3.8, 4) is 0 Å². The molecule has 0 spiro atoms. The van der Waals surface area contributed by atoms with Crippen LogP contribution in [0.15, 0.2) is 52.2 Å². The van der Waals surface area contributed by atoms with Gasteiger partial charge in [0, 0.05) is 24.5 Å². The molecular weight excluding hydrogens is 493 g/mol. The fraction of sp³-hybridized carbons (Fsp3) is 0.560. The highest BCUT2D eigenvalue weighted by atomic mass is 35.5. The first kappa shape index (κ1) is 25.5. The Morgan fingerprint density at radius 2 is 1.82 bits per heavy atom. The topological polar surface area (TPSA) is 92.5 Å². The molecular formula is C25H33Cl2N3O3S. The summed E-state index contributed by atoms with van der Waals surface area (Å²) in [7, 11) is -3.92. The van der Waals surface area contributed by atoms with Crippen molar-refractivity contribution < 1.29 is 13.2 Å². The Morgan fingerprint density at radius 1 is 1.12 bits per heavy atom. The van der Waals surface area contributed by atoms with Gasteiger partial charge >= 0.3 is 0 Å². The lowest BCUT2D eigenvalue weighted by Gasteiger charge is -2.42. The molecule has 4 rings (SSSR count). The molecule has 1 saturated carbocycles. The first-order chi connectivity index (χ1) is 16.2. The first-order valence-corrected chi connectivity index (χ1v) is 14.4. The monoisotopic (exact) mass is 525 g/mol. The Labute approximate surface area is 212 Å². The van der Waals surface area contributed by atoms with Crippen LogP contribution >= 0.6 is 23.2 Å². The Kier molecular flexibility index (Phi) is 8.28. The SMILES string of the molecule is NC1=C(Cl)C[C@@H](S(=O)(=O)N[C@@H](CCc2ccccc2)C(=O)N2CC[C@H]3CCCC[C@H]3C2)C=C1Cl. The zero-order valence-electron chi connectivity index (χ0n) is 19.3. The molecule has 0 unspecified atom stereocenters. The Morgan fingerprint density at radius 3 is 2.53 bits per heavy atom. The second-order valence-corrected chi connectivity index (χ2v) is 12.5. The minimum Gasteiger partial charge on any atom is -0.397 e. The van der Waals surface area contributed by atoms with Gasteiger partial charge in [0.2, 0.25) is 15.9 Å². The van der Waals surface area contributed by atoms with E-state index in [0.717, 1.165) is 18.4 Å². The minimum absolute atomic E-state index is 0.0337. The number of piperidine rings is 1. The first-order valence-electron chi connectivity index (χ1n) is 12.1. The highest BCUT2D eigenvalue weighted by molar-refractivity contribution is 7.90. The van der Waals surface area contributed by atoms with Gasteiger partial charge in [-0.05, 0) is 49.2 Å². The summed E-state index contributed by atoms with van der Waals surface area (Å²) in [6.45, 7) is 1.40. The van der Waals surface area contributed by atoms with Gasteiger partial charge < -0.3 is 10.6 Å². The van der Waals surface area contributed by atoms with E-state index in [1.165, 1.54) is 25.3 Å². The number of allylic oxidation sites excluding steroid dienone is 2. The number of amides is 1. The molecule has 6 nitrogen and oxygen atoms in total. The summed E-state index contributed by atoms with van der Waals surface area (Å²) < 4.78 is 29.3. The second-order valence-electron chi connectivity index (χ2n) is 9.69. The molecule has 186 valence electrons. The number of carbonyl (C=O) groups is 1. The van der Waals surface area contributed by atoms with Crippen molar-refractivity contribution in [3.05, 3.63) is 57.7 Å². The Hall–Kier alpha value is -1.54. The third-order valence-electron chi connectivity index (χ3n) is 7.43. The van der Waals surface area contributed by atoms with Gasteiger partial charge in [-0.15, -0.1) is 0 Å². The van der Waals surface area contributed by atoms with Gasteiger partial charge in [0.15, 0.2) is 0 Å². The van der Waals surface area contributed by atoms with E-state index in [1.54, 1.807) is 0 Å². The zero-order valence-corrected chi connectivity index (χ0v) is 21.6. The number of nitrogens with two attached hydrogens (primary N) is 1. The maximum atomic E-state index is 13.6. The number of nitrogens with one attached hydrogen (secondary N) is 1. The molecule has 34 heavy (non-hydrogen) atoms. The highest BCUT2D eigenvalue weighted by Crippen LogP contribution is 2.36. The van der Waals surface area contributed by atoms with Gasteiger partial charge in [-0.2, -0.15) is 0 Å². The molecule has 4 atom stereocenters. The molecule has 3 aliphatic rings. The lowest BCUT2D eigenvalue weighted by atomic mass is 9.75. The van der Waals surface area contributed by atoms with Gasteiger partial charge in [0.25, 0.3) is 0 Å². The summed E-state index contributed by atoms with van der Waals surface area (Å²) in [5.41, 5.74) is 7.07. The minimum atomic E-state index is -3.92. The summed E-state index contributed by atoms with van der Waals surface area (Å²) >= 11 is 12.3. The summed E-state index contributed by atoms with van der Waals surface area (Å²) in [6, 6.07) is 8.95. The van der Waals surface area contributed by atoms with Crippen LogP contribution in [-0.4, -0.2) is 43.6 Å². The van der Waals surface area contributed by atoms with Gasteiger partial charge in [-0.1, -0.05) is 72.8 Å². The summed E-state index contributed by atoms with van der Waals surface area (Å²) in [4.78, 5) is 15.5. The van der Waals surface area contributed by atoms with Crippen LogP contribution in [0.5, 0.6) is 0 Å². The molecule has 0 bridgehead atoms. The number of hydrogen-bond acceptors (Lipinski definition) is 4. The smallest absolute Gasteiger partial charge is 0.240 e. The number of hydrogen-bond donors (Lipinski definition) is 2. The molecule has 1 aromatic carbocycles. The van der Waals surface area contributed by atoms with Crippen LogP contribution in [0.4, 0.5) is 0 Å². The van der Waals surface area contributed by atoms with E-state index in [4.69, 9.17) is 28.9 Å². The van der Waals surface area contributed by atoms with Crippen molar-refractivity contribution in [3.63, 3.8) is 0 Å². The van der Waals surface area contributed by atoms with Crippen molar-refractivity contribution in [1.29, 1.82) is 0 Å². The van der Waals surface area contributed by atoms with Crippen LogP contribution in [0, 0.1) is 11.8 Å². The van der Waals surface area contributed by atoms with E-state index in [0.29, 0.717) is 37.8 Å². The van der Waals surface area contributed by atoms with Crippen molar-refractivity contribution in [1.82, 2.24) is 9.62 Å². The van der Waals surface area contributed by atoms with Gasteiger partial charge in [0.05, 0.1) is 10.7 Å². The van der Waals surface area contributed by atoms with E-state index in [1.807, 2.05) is 35.2 Å². The number of aryl methyl sites for hydroxylation is 1. The fourth-order valence-corrected chi connectivity index (χ4v) is 7.66. The maximum absolute atomic E-state index is 13.6. The van der Waals surface area contributed by atoms with E-state index >= 15 is 0 Å². The van der Waals surface area contributed by atoms with Crippen molar-refractivity contribution in [2.24, 2.45) is 17.6 Å². The predicted molar refractivity (Wildman–Crippen MR) is 137 cm³/mol. The van der Waals surface area contributed by atoms with Crippen LogP contribution in [0.1, 0.15) is 50.5 Å². The lowest BCUT2D eigenvalue weighted by Crippen LogP contribution is -2.54. The molecule has 3 N–H and O–H groups in total. The third-order valence-corrected chi connectivity index (χ3v) is 9.83. The Bertz CT molecular complexity index is 1060. The molecule has 9 heteroatoms. The van der Waals surface area contributed by atoms with Crippen molar-refractivity contribution in [2.45, 2.75) is 62.7 Å². The van der Waals surface area contributed by atoms with Crippen LogP contribution in [0.3, 0.4) is 0 Å². The lowest BCUT2D eigenvalue weighted by molar-refractivity contribution is -0.136. The number of benzene rings is 1. The maximum Gasteiger partial charge on any atom is 0.240 e. The largest absolute Gasteiger partial charge is 0.397 e. The number of likely N-dealkylation sites (tertiary alicyclic amines) is 1. The van der Waals surface area contributed by atoms with Crippen LogP contribution in [0.2, 0.25) is 0 Å². The van der Waals surface area contributed by atoms with Crippen LogP contribution in [-0.2, 0) is 21.2 Å². The van der Waals surface area contributed by atoms with Crippen LogP contribution in [0.25, 0.3) is 0 Å². The second kappa shape index (κ2) is 11.0. The summed E-state index contributed by atoms with van der Waals surface area (Å²) in [5, 5.41) is -0.636. The summed E-state index contributed by atoms with van der Waals surface area (Å²) in [5.74, 6) is 1.06. The highest BCUT2D eigenvalue weighted by Gasteiger charge is 2.38. The molecule has 1 heterocycles. The zero-order chi connectivity index (χ0) is 24.3. The standard InChI is InChI=1S/C25H33Cl2N3O3S/c26-21-14-20(15-22(27)24(21)28)34(32,33)29-23(11-10-17-6-2-1-3-7-17)25(31)30-13-12-18-8-4-5-9-19(18)16-30/h1-3,6-7,14,18-20,23,29H,4-5,8-13,15-16,28H2/t18-,19+,20+,23+/m1/s1. The number of nitrogens with zero attached hydrogens (tertiary/aromatic N) is 1. The van der Waals surface area contributed by atoms with Crippen molar-refractivity contribution >= 4 is 39.1 Å². The average Bonchev–Trinajstić information content (AvgIpc) is 2.84. The molecule has 2 aliphatic carbocycles. The normalized spacial score (nSPS) is 26.6. The van der Waals surface area contributed by atoms with Crippen molar-refractivity contribution in [2.75, 3.05) is 13.1 Å². The predicted octanol–water partition coefficient (Wildman–Crippen LogP) is 4.25. The number of halogens is 2. The summed E-state index contributed by atoms with van der Waals surface area (Å²) in [6.07, 6.45) is 8.26. The quantitative estimate of drug-likeness (QED) is 0.556. The van der Waals surface area contributed by atoms with Gasteiger partial charge in [-0.3, -0.25) is 4.79 Å². The number of fused-ring (bicyclic) bond motifs is 1. The molecule has 0 aromatic heterocycles. The molecule has 1 aliphatic heterocycles. The van der Waals surface area contributed by atoms with Gasteiger partial charge in [0.1, 0.15) is 11.3 Å². The molecule has 1 aromatic rings. The average molecular weight is 527 g/mol. The molecule has 1 amide bonds. The number of rotatable bonds is 7. The number of sulfonamides is 1. The van der Waals surface area contributed by atoms with E-state index in [9.17, 15) is 13.2 Å². The third kappa shape index (κ3) is 5.99. The van der Waals surface area contributed by atoms with E-state index in [-0.39, 0.29) is 28.1 Å². The molecule has 1 saturated heterocycles. The van der Waals surface area contributed by atoms with Gasteiger partial charge in [-0.25, -0.2) is 13.1 Å². The number of carbonyl (C=O) groups excluding carboxylic acids is 1. The Balaban J connectivity index is 1.51. The van der Waals surface area contributed by atoms with E-state index in [2.05, 4.69) is 4.72 Å². The molecule has 2 fully saturated rings. The molecule has 0 radical (unpaired) electrons.